The fourth-order valence-electron chi connectivity index (χ4n) is 4.70. The Kier molecular flexibility index (Phi) is 4.23. The minimum atomic E-state index is 0.0589. The second-order valence-corrected chi connectivity index (χ2v) is 8.14. The highest BCUT2D eigenvalue weighted by molar-refractivity contribution is 5.81. The highest BCUT2D eigenvalue weighted by atomic mass is 16.5. The van der Waals surface area contributed by atoms with Gasteiger partial charge in [-0.25, -0.2) is 0 Å². The zero-order valence-corrected chi connectivity index (χ0v) is 16.4. The molecule has 1 aromatic carbocycles. The number of piperidine rings is 1. The van der Waals surface area contributed by atoms with Gasteiger partial charge in [0.1, 0.15) is 17.1 Å². The second kappa shape index (κ2) is 6.78. The molecule has 3 saturated heterocycles. The van der Waals surface area contributed by atoms with E-state index in [1.165, 1.54) is 0 Å². The van der Waals surface area contributed by atoms with E-state index < -0.39 is 0 Å². The Morgan fingerprint density at radius 2 is 2.00 bits per heavy atom. The Morgan fingerprint density at radius 3 is 2.79 bits per heavy atom. The zero-order chi connectivity index (χ0) is 19.3. The van der Waals surface area contributed by atoms with Crippen molar-refractivity contribution in [3.63, 3.8) is 0 Å². The van der Waals surface area contributed by atoms with Gasteiger partial charge in [-0.15, -0.1) is 0 Å². The van der Waals surface area contributed by atoms with Crippen molar-refractivity contribution in [1.29, 1.82) is 0 Å². The summed E-state index contributed by atoms with van der Waals surface area (Å²) in [7, 11) is 0. The van der Waals surface area contributed by atoms with Gasteiger partial charge in [-0.3, -0.25) is 9.69 Å². The van der Waals surface area contributed by atoms with Crippen LogP contribution in [0.3, 0.4) is 0 Å². The first kappa shape index (κ1) is 17.5. The second-order valence-electron chi connectivity index (χ2n) is 8.14. The van der Waals surface area contributed by atoms with Gasteiger partial charge in [0.05, 0.1) is 24.7 Å². The number of benzene rings is 1. The molecule has 6 nitrogen and oxygen atoms in total. The predicted octanol–water partition coefficient (Wildman–Crippen LogP) is 3.66. The van der Waals surface area contributed by atoms with E-state index >= 15 is 0 Å². The SMILES string of the molecule is Cc1noc(C)c1CN1C(=O)[C@@H]2CC[C@H]1CN(Cc1cc3ccccc3o1)C2. The number of aryl methyl sites for hydroxylation is 2. The molecule has 28 heavy (non-hydrogen) atoms. The molecule has 146 valence electrons. The average Bonchev–Trinajstić information content (AvgIpc) is 3.11. The number of fused-ring (bicyclic) bond motifs is 5. The Morgan fingerprint density at radius 1 is 1.14 bits per heavy atom. The van der Waals surface area contributed by atoms with E-state index in [4.69, 9.17) is 8.94 Å². The van der Waals surface area contributed by atoms with Crippen LogP contribution in [0.2, 0.25) is 0 Å². The molecule has 0 aliphatic carbocycles. The van der Waals surface area contributed by atoms with Gasteiger partial charge in [0.2, 0.25) is 5.91 Å². The van der Waals surface area contributed by atoms with Gasteiger partial charge in [0, 0.05) is 30.1 Å². The van der Waals surface area contributed by atoms with Crippen molar-refractivity contribution < 1.29 is 13.7 Å². The lowest BCUT2D eigenvalue weighted by Gasteiger charge is -2.36. The maximum absolute atomic E-state index is 13.1. The molecule has 3 aliphatic heterocycles. The van der Waals surface area contributed by atoms with Crippen molar-refractivity contribution in [3.05, 3.63) is 53.1 Å². The van der Waals surface area contributed by atoms with Gasteiger partial charge in [0.25, 0.3) is 0 Å². The molecule has 0 unspecified atom stereocenters. The van der Waals surface area contributed by atoms with Gasteiger partial charge in [-0.2, -0.15) is 0 Å². The van der Waals surface area contributed by atoms with Crippen LogP contribution >= 0.6 is 0 Å². The lowest BCUT2D eigenvalue weighted by atomic mass is 9.93. The summed E-state index contributed by atoms with van der Waals surface area (Å²) in [6, 6.07) is 10.4. The third-order valence-corrected chi connectivity index (χ3v) is 6.23. The first-order valence-corrected chi connectivity index (χ1v) is 10.0. The number of aromatic nitrogens is 1. The van der Waals surface area contributed by atoms with Crippen LogP contribution in [0, 0.1) is 19.8 Å². The Bertz CT molecular complexity index is 969. The molecule has 1 amide bonds. The van der Waals surface area contributed by atoms with Crippen molar-refractivity contribution in [2.75, 3.05) is 13.1 Å². The van der Waals surface area contributed by atoms with Gasteiger partial charge in [-0.05, 0) is 38.8 Å². The number of hydrogen-bond donors (Lipinski definition) is 0. The number of carbonyl (C=O) groups is 1. The van der Waals surface area contributed by atoms with Crippen LogP contribution in [0.5, 0.6) is 0 Å². The third-order valence-electron chi connectivity index (χ3n) is 6.23. The van der Waals surface area contributed by atoms with Crippen molar-refractivity contribution in [2.45, 2.75) is 45.8 Å². The van der Waals surface area contributed by atoms with Crippen molar-refractivity contribution >= 4 is 16.9 Å². The van der Waals surface area contributed by atoms with E-state index in [0.717, 1.165) is 66.2 Å². The smallest absolute Gasteiger partial charge is 0.227 e. The molecule has 3 aromatic rings. The lowest BCUT2D eigenvalue weighted by Crippen LogP contribution is -2.47. The normalized spacial score (nSPS) is 22.9. The molecule has 2 atom stereocenters. The number of rotatable bonds is 4. The van der Waals surface area contributed by atoms with Crippen molar-refractivity contribution in [3.8, 4) is 0 Å². The maximum Gasteiger partial charge on any atom is 0.227 e. The minimum Gasteiger partial charge on any atom is -0.460 e. The molecule has 0 N–H and O–H groups in total. The van der Waals surface area contributed by atoms with Crippen LogP contribution in [0.4, 0.5) is 0 Å². The topological polar surface area (TPSA) is 62.7 Å². The molecule has 6 heteroatoms. The highest BCUT2D eigenvalue weighted by Gasteiger charge is 2.41. The first-order valence-electron chi connectivity index (χ1n) is 10.0. The standard InChI is InChI=1S/C22H25N3O3/c1-14-20(15(2)28-23-14)13-25-18-8-7-17(22(25)26)10-24(11-18)12-19-9-16-5-3-4-6-21(16)27-19/h3-6,9,17-18H,7-8,10-13H2,1-2H3/t17-,18+/m1/s1. The van der Waals surface area contributed by atoms with E-state index in [2.05, 4.69) is 27.1 Å². The largest absolute Gasteiger partial charge is 0.460 e. The van der Waals surface area contributed by atoms with Crippen molar-refractivity contribution in [1.82, 2.24) is 15.0 Å². The minimum absolute atomic E-state index is 0.0589. The van der Waals surface area contributed by atoms with Crippen LogP contribution < -0.4 is 0 Å². The molecule has 3 fully saturated rings. The molecular weight excluding hydrogens is 354 g/mol. The lowest BCUT2D eigenvalue weighted by molar-refractivity contribution is -0.140. The summed E-state index contributed by atoms with van der Waals surface area (Å²) in [6.07, 6.45) is 2.02. The monoisotopic (exact) mass is 379 g/mol. The molecular formula is C22H25N3O3. The summed E-state index contributed by atoms with van der Waals surface area (Å²) in [5.74, 6) is 2.10. The Labute approximate surface area is 164 Å². The van der Waals surface area contributed by atoms with E-state index in [9.17, 15) is 4.79 Å². The number of amides is 1. The van der Waals surface area contributed by atoms with E-state index in [1.807, 2.05) is 32.0 Å². The first-order chi connectivity index (χ1) is 13.6. The van der Waals surface area contributed by atoms with Crippen LogP contribution in [-0.4, -0.2) is 40.0 Å². The van der Waals surface area contributed by atoms with E-state index in [0.29, 0.717) is 6.54 Å². The van der Waals surface area contributed by atoms with Gasteiger partial charge < -0.3 is 13.8 Å². The van der Waals surface area contributed by atoms with Crippen molar-refractivity contribution in [2.24, 2.45) is 5.92 Å². The van der Waals surface area contributed by atoms with Gasteiger partial charge in [-0.1, -0.05) is 23.4 Å². The molecule has 5 heterocycles. The van der Waals surface area contributed by atoms with Crippen LogP contribution in [0.25, 0.3) is 11.0 Å². The van der Waals surface area contributed by atoms with Gasteiger partial charge >= 0.3 is 0 Å². The molecule has 0 spiro atoms. The summed E-state index contributed by atoms with van der Waals surface area (Å²) in [6.45, 7) is 6.88. The number of para-hydroxylation sites is 1. The number of nitrogens with zero attached hydrogens (tertiary/aromatic N) is 3. The predicted molar refractivity (Wildman–Crippen MR) is 105 cm³/mol. The fraction of sp³-hybridized carbons (Fsp3) is 0.455. The van der Waals surface area contributed by atoms with Crippen LogP contribution in [0.1, 0.15) is 35.6 Å². The average molecular weight is 379 g/mol. The number of furan rings is 1. The van der Waals surface area contributed by atoms with E-state index in [1.54, 1.807) is 0 Å². The summed E-state index contributed by atoms with van der Waals surface area (Å²) in [4.78, 5) is 17.6. The number of hydrogen-bond acceptors (Lipinski definition) is 5. The zero-order valence-electron chi connectivity index (χ0n) is 16.4. The Hall–Kier alpha value is -2.60. The third kappa shape index (κ3) is 3.02. The summed E-state index contributed by atoms with van der Waals surface area (Å²) < 4.78 is 11.3. The highest BCUT2D eigenvalue weighted by Crippen LogP contribution is 2.32. The van der Waals surface area contributed by atoms with Crippen LogP contribution in [0.15, 0.2) is 39.3 Å². The molecule has 2 aromatic heterocycles. The summed E-state index contributed by atoms with van der Waals surface area (Å²) in [5.41, 5.74) is 2.85. The van der Waals surface area contributed by atoms with Crippen LogP contribution in [-0.2, 0) is 17.9 Å². The molecule has 6 rings (SSSR count). The molecule has 0 saturated carbocycles. The maximum atomic E-state index is 13.1. The quantitative estimate of drug-likeness (QED) is 0.692. The molecule has 3 aliphatic rings. The summed E-state index contributed by atoms with van der Waals surface area (Å²) in [5, 5.41) is 5.18. The van der Waals surface area contributed by atoms with E-state index in [-0.39, 0.29) is 17.9 Å². The number of carbonyl (C=O) groups excluding carboxylic acids is 1. The summed E-state index contributed by atoms with van der Waals surface area (Å²) >= 11 is 0. The van der Waals surface area contributed by atoms with Gasteiger partial charge in [0.15, 0.2) is 0 Å². The Balaban J connectivity index is 1.36. The molecule has 2 bridgehead atoms. The molecule has 0 radical (unpaired) electrons. The fourth-order valence-corrected chi connectivity index (χ4v) is 4.70.